The fourth-order valence-electron chi connectivity index (χ4n) is 1.77. The number of rotatable bonds is 2. The van der Waals surface area contributed by atoms with Crippen LogP contribution in [0.2, 0.25) is 0 Å². The second-order valence-corrected chi connectivity index (χ2v) is 4.63. The van der Waals surface area contributed by atoms with Gasteiger partial charge in [-0.25, -0.2) is 0 Å². The maximum absolute atomic E-state index is 6.13. The molecule has 0 N–H and O–H groups in total. The summed E-state index contributed by atoms with van der Waals surface area (Å²) in [6, 6.07) is 0.487. The molecule has 0 atom stereocenters. The third-order valence-corrected chi connectivity index (χ3v) is 3.30. The van der Waals surface area contributed by atoms with Crippen LogP contribution in [0.1, 0.15) is 44.9 Å². The van der Waals surface area contributed by atoms with Crippen molar-refractivity contribution < 1.29 is 0 Å². The first-order valence-corrected chi connectivity index (χ1v) is 5.27. The molecule has 2 fully saturated rings. The van der Waals surface area contributed by atoms with E-state index in [1.54, 1.807) is 0 Å². The van der Waals surface area contributed by atoms with E-state index in [2.05, 4.69) is 10.2 Å². The van der Waals surface area contributed by atoms with Crippen molar-refractivity contribution in [1.82, 2.24) is 0 Å². The number of azo groups is 1. The molecule has 0 radical (unpaired) electrons. The van der Waals surface area contributed by atoms with Gasteiger partial charge in [-0.15, -0.1) is 0 Å². The molecule has 0 aromatic carbocycles. The molecule has 68 valence electrons. The van der Waals surface area contributed by atoms with Crippen LogP contribution in [0.5, 0.6) is 0 Å². The fourth-order valence-corrected chi connectivity index (χ4v) is 2.08. The number of hydrogen-bond acceptors (Lipinski definition) is 2. The van der Waals surface area contributed by atoms with Crippen LogP contribution in [0, 0.1) is 0 Å². The molecular weight excluding hydrogens is 172 g/mol. The van der Waals surface area contributed by atoms with Crippen LogP contribution in [0.3, 0.4) is 0 Å². The number of hydrogen-bond donors (Lipinski definition) is 0. The van der Waals surface area contributed by atoms with Gasteiger partial charge in [-0.05, 0) is 32.1 Å². The van der Waals surface area contributed by atoms with Crippen molar-refractivity contribution in [1.29, 1.82) is 0 Å². The maximum atomic E-state index is 6.13. The summed E-state index contributed by atoms with van der Waals surface area (Å²) < 4.78 is 0. The quantitative estimate of drug-likeness (QED) is 0.358. The van der Waals surface area contributed by atoms with Crippen LogP contribution >= 0.6 is 11.6 Å². The van der Waals surface area contributed by atoms with Crippen molar-refractivity contribution >= 4 is 11.6 Å². The molecule has 0 aromatic heterocycles. The van der Waals surface area contributed by atoms with E-state index in [1.807, 2.05) is 0 Å². The summed E-state index contributed by atoms with van der Waals surface area (Å²) in [4.78, 5) is -0.289. The molecule has 0 heterocycles. The molecule has 0 saturated heterocycles. The highest BCUT2D eigenvalue weighted by Crippen LogP contribution is 2.40. The Hall–Kier alpha value is -0.110. The summed E-state index contributed by atoms with van der Waals surface area (Å²) in [5, 5.41) is 8.54. The molecule has 2 aliphatic carbocycles. The van der Waals surface area contributed by atoms with E-state index in [4.69, 9.17) is 11.6 Å². The van der Waals surface area contributed by atoms with Crippen LogP contribution in [-0.4, -0.2) is 11.0 Å². The van der Waals surface area contributed by atoms with E-state index in [9.17, 15) is 0 Å². The maximum Gasteiger partial charge on any atom is 0.154 e. The molecule has 0 unspecified atom stereocenters. The summed E-state index contributed by atoms with van der Waals surface area (Å²) in [5.74, 6) is 0. The topological polar surface area (TPSA) is 24.7 Å². The Bertz CT molecular complexity index is 181. The Labute approximate surface area is 78.4 Å². The standard InChI is InChI=1S/C9H15ClN2/c10-9(6-3-7-9)12-11-8-4-1-2-5-8/h8H,1-7H2. The Kier molecular flexibility index (Phi) is 2.35. The lowest BCUT2D eigenvalue weighted by Crippen LogP contribution is -2.27. The number of halogens is 1. The highest BCUT2D eigenvalue weighted by atomic mass is 35.5. The molecule has 0 aliphatic heterocycles. The summed E-state index contributed by atoms with van der Waals surface area (Å²) in [6.45, 7) is 0. The Balaban J connectivity index is 1.83. The molecule has 0 amide bonds. The van der Waals surface area contributed by atoms with Crippen molar-refractivity contribution in [3.05, 3.63) is 0 Å². The van der Waals surface area contributed by atoms with Gasteiger partial charge in [0.15, 0.2) is 5.00 Å². The lowest BCUT2D eigenvalue weighted by molar-refractivity contribution is 0.344. The van der Waals surface area contributed by atoms with E-state index >= 15 is 0 Å². The first-order valence-electron chi connectivity index (χ1n) is 4.89. The molecule has 2 rings (SSSR count). The highest BCUT2D eigenvalue weighted by Gasteiger charge is 2.35. The Morgan fingerprint density at radius 2 is 1.75 bits per heavy atom. The SMILES string of the molecule is ClC1(N=NC2CCCC2)CCC1. The average molecular weight is 187 g/mol. The average Bonchev–Trinajstić information content (AvgIpc) is 2.49. The minimum atomic E-state index is -0.289. The van der Waals surface area contributed by atoms with Crippen LogP contribution < -0.4 is 0 Å². The van der Waals surface area contributed by atoms with Gasteiger partial charge in [0.1, 0.15) is 0 Å². The van der Waals surface area contributed by atoms with E-state index in [-0.39, 0.29) is 5.00 Å². The highest BCUT2D eigenvalue weighted by molar-refractivity contribution is 6.24. The second-order valence-electron chi connectivity index (χ2n) is 3.93. The Morgan fingerprint density at radius 1 is 1.08 bits per heavy atom. The van der Waals surface area contributed by atoms with Crippen LogP contribution in [0.15, 0.2) is 10.2 Å². The summed E-state index contributed by atoms with van der Waals surface area (Å²) in [7, 11) is 0. The second kappa shape index (κ2) is 3.33. The number of nitrogens with zero attached hydrogens (tertiary/aromatic N) is 2. The molecular formula is C9H15ClN2. The minimum absolute atomic E-state index is 0.289. The summed E-state index contributed by atoms with van der Waals surface area (Å²) >= 11 is 6.13. The van der Waals surface area contributed by atoms with E-state index < -0.39 is 0 Å². The van der Waals surface area contributed by atoms with E-state index in [0.29, 0.717) is 6.04 Å². The fraction of sp³-hybridized carbons (Fsp3) is 1.00. The lowest BCUT2D eigenvalue weighted by atomic mass is 9.93. The van der Waals surface area contributed by atoms with Gasteiger partial charge in [0.25, 0.3) is 0 Å². The van der Waals surface area contributed by atoms with Gasteiger partial charge in [0.2, 0.25) is 0 Å². The molecule has 2 aliphatic rings. The largest absolute Gasteiger partial charge is 0.189 e. The Morgan fingerprint density at radius 3 is 2.25 bits per heavy atom. The van der Waals surface area contributed by atoms with Gasteiger partial charge in [-0.3, -0.25) is 0 Å². The predicted octanol–water partition coefficient (Wildman–Crippen LogP) is 3.50. The van der Waals surface area contributed by atoms with Crippen molar-refractivity contribution in [2.24, 2.45) is 10.2 Å². The number of alkyl halides is 1. The smallest absolute Gasteiger partial charge is 0.154 e. The van der Waals surface area contributed by atoms with Gasteiger partial charge in [-0.1, -0.05) is 24.4 Å². The molecule has 2 saturated carbocycles. The first kappa shape index (κ1) is 8.49. The van der Waals surface area contributed by atoms with Crippen molar-refractivity contribution in [3.63, 3.8) is 0 Å². The van der Waals surface area contributed by atoms with Crippen molar-refractivity contribution in [2.75, 3.05) is 0 Å². The molecule has 2 nitrogen and oxygen atoms in total. The predicted molar refractivity (Wildman–Crippen MR) is 49.5 cm³/mol. The first-order chi connectivity index (χ1) is 5.79. The zero-order valence-electron chi connectivity index (χ0n) is 7.30. The van der Waals surface area contributed by atoms with Crippen LogP contribution in [-0.2, 0) is 0 Å². The summed E-state index contributed by atoms with van der Waals surface area (Å²) in [5.41, 5.74) is 0. The van der Waals surface area contributed by atoms with E-state index in [0.717, 1.165) is 12.8 Å². The van der Waals surface area contributed by atoms with Crippen LogP contribution in [0.4, 0.5) is 0 Å². The van der Waals surface area contributed by atoms with Gasteiger partial charge < -0.3 is 0 Å². The molecule has 3 heteroatoms. The van der Waals surface area contributed by atoms with E-state index in [1.165, 1.54) is 32.1 Å². The van der Waals surface area contributed by atoms with Crippen molar-refractivity contribution in [3.8, 4) is 0 Å². The monoisotopic (exact) mass is 186 g/mol. The van der Waals surface area contributed by atoms with Gasteiger partial charge in [-0.2, -0.15) is 10.2 Å². The lowest BCUT2D eigenvalue weighted by Gasteiger charge is -2.30. The van der Waals surface area contributed by atoms with Gasteiger partial charge >= 0.3 is 0 Å². The zero-order chi connectivity index (χ0) is 8.44. The zero-order valence-corrected chi connectivity index (χ0v) is 8.06. The van der Waals surface area contributed by atoms with Gasteiger partial charge in [0, 0.05) is 0 Å². The van der Waals surface area contributed by atoms with Crippen molar-refractivity contribution in [2.45, 2.75) is 56.0 Å². The summed E-state index contributed by atoms with van der Waals surface area (Å²) in [6.07, 6.45) is 8.33. The third kappa shape index (κ3) is 1.79. The van der Waals surface area contributed by atoms with Gasteiger partial charge in [0.05, 0.1) is 6.04 Å². The normalized spacial score (nSPS) is 29.4. The van der Waals surface area contributed by atoms with Crippen LogP contribution in [0.25, 0.3) is 0 Å². The molecule has 12 heavy (non-hydrogen) atoms. The minimum Gasteiger partial charge on any atom is -0.189 e. The molecule has 0 spiro atoms. The molecule has 0 aromatic rings. The molecule has 0 bridgehead atoms. The third-order valence-electron chi connectivity index (χ3n) is 2.84.